The lowest BCUT2D eigenvalue weighted by Gasteiger charge is -2.29. The molecule has 0 aromatic heterocycles. The lowest BCUT2D eigenvalue weighted by atomic mass is 9.81. The minimum Gasteiger partial charge on any atom is -0.465 e. The molecule has 1 N–H and O–H groups in total. The summed E-state index contributed by atoms with van der Waals surface area (Å²) in [6, 6.07) is 9.30. The number of nitrogens with one attached hydrogen (secondary N) is 1. The van der Waals surface area contributed by atoms with Gasteiger partial charge in [0.15, 0.2) is 5.78 Å². The number of allylic oxidation sites excluding steroid dienone is 3. The highest BCUT2D eigenvalue weighted by molar-refractivity contribution is 8.03. The van der Waals surface area contributed by atoms with Gasteiger partial charge in [0.2, 0.25) is 0 Å². The van der Waals surface area contributed by atoms with Crippen LogP contribution in [0.4, 0.5) is 0 Å². The number of nitriles is 1. The van der Waals surface area contributed by atoms with Crippen molar-refractivity contribution in [2.45, 2.75) is 33.1 Å². The quantitative estimate of drug-likeness (QED) is 0.682. The first kappa shape index (κ1) is 21.1. The number of dihydropyridines is 1. The first-order chi connectivity index (χ1) is 12.9. The summed E-state index contributed by atoms with van der Waals surface area (Å²) < 4.78 is 5.09. The van der Waals surface area contributed by atoms with Crippen molar-refractivity contribution in [3.8, 4) is 6.07 Å². The molecule has 1 aromatic rings. The van der Waals surface area contributed by atoms with Gasteiger partial charge < -0.3 is 10.1 Å². The van der Waals surface area contributed by atoms with Crippen LogP contribution >= 0.6 is 23.4 Å². The molecule has 0 spiro atoms. The second-order valence-corrected chi connectivity index (χ2v) is 7.49. The standard InChI is InChI=1S/C20H21ClN2O3S/c1-4-9-26-17(25)11-27-20-16(10-22)19(14-5-7-15(21)8-6-14)18(13(3)24)12(2)23-20/h5-8,19,23H,4,9,11H2,1-3H3/t19-/m0/s1. The molecule has 142 valence electrons. The van der Waals surface area contributed by atoms with E-state index in [4.69, 9.17) is 16.3 Å². The minimum atomic E-state index is -0.500. The van der Waals surface area contributed by atoms with Gasteiger partial charge in [-0.05, 0) is 38.0 Å². The van der Waals surface area contributed by atoms with Crippen LogP contribution in [-0.4, -0.2) is 24.1 Å². The molecule has 1 heterocycles. The summed E-state index contributed by atoms with van der Waals surface area (Å²) in [7, 11) is 0. The SMILES string of the molecule is CCCOC(=O)CSC1=C(C#N)[C@H](c2ccc(Cl)cc2)C(C(C)=O)=C(C)N1. The van der Waals surface area contributed by atoms with E-state index >= 15 is 0 Å². The fourth-order valence-corrected chi connectivity index (χ4v) is 3.89. The highest BCUT2D eigenvalue weighted by Gasteiger charge is 2.33. The summed E-state index contributed by atoms with van der Waals surface area (Å²) in [5.41, 5.74) is 2.41. The lowest BCUT2D eigenvalue weighted by molar-refractivity contribution is -0.140. The fraction of sp³-hybridized carbons (Fsp3) is 0.350. The minimum absolute atomic E-state index is 0.0868. The lowest BCUT2D eigenvalue weighted by Crippen LogP contribution is -2.27. The molecule has 0 aliphatic carbocycles. The highest BCUT2D eigenvalue weighted by Crippen LogP contribution is 2.41. The van der Waals surface area contributed by atoms with Crippen LogP contribution in [0, 0.1) is 11.3 Å². The van der Waals surface area contributed by atoms with E-state index in [1.807, 2.05) is 19.1 Å². The van der Waals surface area contributed by atoms with E-state index in [1.54, 1.807) is 19.1 Å². The number of benzene rings is 1. The maximum Gasteiger partial charge on any atom is 0.316 e. The van der Waals surface area contributed by atoms with Crippen molar-refractivity contribution in [2.24, 2.45) is 0 Å². The van der Waals surface area contributed by atoms with Crippen LogP contribution in [0.2, 0.25) is 5.02 Å². The van der Waals surface area contributed by atoms with Gasteiger partial charge in [0.25, 0.3) is 0 Å². The van der Waals surface area contributed by atoms with Gasteiger partial charge in [-0.15, -0.1) is 0 Å². The molecule has 1 atom stereocenters. The number of hydrogen-bond acceptors (Lipinski definition) is 6. The number of thioether (sulfide) groups is 1. The smallest absolute Gasteiger partial charge is 0.316 e. The van der Waals surface area contributed by atoms with Gasteiger partial charge in [-0.1, -0.05) is 42.4 Å². The zero-order valence-corrected chi connectivity index (χ0v) is 17.0. The number of nitrogens with zero attached hydrogens (tertiary/aromatic N) is 1. The second kappa shape index (κ2) is 9.63. The Morgan fingerprint density at radius 3 is 2.56 bits per heavy atom. The average Bonchev–Trinajstić information content (AvgIpc) is 2.64. The van der Waals surface area contributed by atoms with E-state index < -0.39 is 5.92 Å². The normalized spacial score (nSPS) is 16.6. The Balaban J connectivity index is 2.40. The molecule has 0 saturated carbocycles. The summed E-state index contributed by atoms with van der Waals surface area (Å²) in [5, 5.41) is 14.1. The van der Waals surface area contributed by atoms with Crippen molar-refractivity contribution in [2.75, 3.05) is 12.4 Å². The number of ketones is 1. The molecule has 0 saturated heterocycles. The number of esters is 1. The van der Waals surface area contributed by atoms with Crippen molar-refractivity contribution in [3.63, 3.8) is 0 Å². The molecule has 2 rings (SSSR count). The summed E-state index contributed by atoms with van der Waals surface area (Å²) in [4.78, 5) is 24.1. The zero-order chi connectivity index (χ0) is 20.0. The molecule has 0 radical (unpaired) electrons. The van der Waals surface area contributed by atoms with Crippen LogP contribution in [0.1, 0.15) is 38.7 Å². The molecule has 1 aliphatic heterocycles. The zero-order valence-electron chi connectivity index (χ0n) is 15.5. The number of carbonyl (C=O) groups excluding carboxylic acids is 2. The van der Waals surface area contributed by atoms with Gasteiger partial charge in [0.1, 0.15) is 0 Å². The largest absolute Gasteiger partial charge is 0.465 e. The van der Waals surface area contributed by atoms with Crippen molar-refractivity contribution in [3.05, 3.63) is 56.7 Å². The van der Waals surface area contributed by atoms with E-state index in [0.717, 1.165) is 12.0 Å². The first-order valence-electron chi connectivity index (χ1n) is 8.55. The number of hydrogen-bond donors (Lipinski definition) is 1. The highest BCUT2D eigenvalue weighted by atomic mass is 35.5. The number of rotatable bonds is 7. The summed E-state index contributed by atoms with van der Waals surface area (Å²) >= 11 is 7.19. The molecule has 7 heteroatoms. The summed E-state index contributed by atoms with van der Waals surface area (Å²) in [6.45, 7) is 5.58. The van der Waals surface area contributed by atoms with Crippen LogP contribution < -0.4 is 5.32 Å². The number of Topliss-reactive ketones (excluding diaryl/α,β-unsaturated/α-hetero) is 1. The van der Waals surface area contributed by atoms with Crippen molar-refractivity contribution < 1.29 is 14.3 Å². The predicted octanol–water partition coefficient (Wildman–Crippen LogP) is 4.31. The molecule has 27 heavy (non-hydrogen) atoms. The van der Waals surface area contributed by atoms with Gasteiger partial charge in [-0.25, -0.2) is 0 Å². The molecule has 0 bridgehead atoms. The summed E-state index contributed by atoms with van der Waals surface area (Å²) in [5.74, 6) is -0.862. The Labute approximate surface area is 168 Å². The van der Waals surface area contributed by atoms with Crippen molar-refractivity contribution >= 4 is 35.1 Å². The molecule has 0 unspecified atom stereocenters. The molecule has 0 fully saturated rings. The van der Waals surface area contributed by atoms with E-state index in [0.29, 0.717) is 33.5 Å². The van der Waals surface area contributed by atoms with E-state index in [1.165, 1.54) is 18.7 Å². The number of ether oxygens (including phenoxy) is 1. The Bertz CT molecular complexity index is 838. The first-order valence-corrected chi connectivity index (χ1v) is 9.92. The van der Waals surface area contributed by atoms with E-state index in [-0.39, 0.29) is 17.5 Å². The van der Waals surface area contributed by atoms with Gasteiger partial charge in [0, 0.05) is 16.3 Å². The van der Waals surface area contributed by atoms with Crippen LogP contribution in [0.5, 0.6) is 0 Å². The van der Waals surface area contributed by atoms with E-state index in [2.05, 4.69) is 11.4 Å². The molecule has 0 amide bonds. The van der Waals surface area contributed by atoms with Crippen molar-refractivity contribution in [1.82, 2.24) is 5.32 Å². The fourth-order valence-electron chi connectivity index (χ4n) is 2.87. The van der Waals surface area contributed by atoms with Crippen LogP contribution in [0.25, 0.3) is 0 Å². The third-order valence-corrected chi connectivity index (χ3v) is 5.27. The third-order valence-electron chi connectivity index (χ3n) is 4.03. The maximum absolute atomic E-state index is 12.3. The number of halogens is 1. The van der Waals surface area contributed by atoms with E-state index in [9.17, 15) is 14.9 Å². The van der Waals surface area contributed by atoms with Gasteiger partial charge in [0.05, 0.1) is 34.9 Å². The molecule has 1 aromatic carbocycles. The third kappa shape index (κ3) is 5.15. The molecule has 5 nitrogen and oxygen atoms in total. The molecular formula is C20H21ClN2O3S. The Hall–Kier alpha value is -2.23. The monoisotopic (exact) mass is 404 g/mol. The number of carbonyl (C=O) groups is 2. The second-order valence-electron chi connectivity index (χ2n) is 6.07. The average molecular weight is 405 g/mol. The van der Waals surface area contributed by atoms with Gasteiger partial charge in [-0.3, -0.25) is 9.59 Å². The van der Waals surface area contributed by atoms with Gasteiger partial charge in [-0.2, -0.15) is 5.26 Å². The van der Waals surface area contributed by atoms with Crippen LogP contribution in [0.3, 0.4) is 0 Å². The summed E-state index contributed by atoms with van der Waals surface area (Å²) in [6.07, 6.45) is 0.753. The topological polar surface area (TPSA) is 79.2 Å². The maximum atomic E-state index is 12.3. The molecule has 1 aliphatic rings. The Morgan fingerprint density at radius 1 is 1.33 bits per heavy atom. The van der Waals surface area contributed by atoms with Crippen LogP contribution in [-0.2, 0) is 14.3 Å². The van der Waals surface area contributed by atoms with Crippen LogP contribution in [0.15, 0.2) is 46.1 Å². The Kier molecular flexibility index (Phi) is 7.52. The molecular weight excluding hydrogens is 384 g/mol. The Morgan fingerprint density at radius 2 is 2.00 bits per heavy atom. The van der Waals surface area contributed by atoms with Crippen molar-refractivity contribution in [1.29, 1.82) is 5.26 Å². The predicted molar refractivity (Wildman–Crippen MR) is 107 cm³/mol. The van der Waals surface area contributed by atoms with Gasteiger partial charge >= 0.3 is 5.97 Å².